The van der Waals surface area contributed by atoms with Crippen LogP contribution in [0.4, 0.5) is 15.8 Å². The molecule has 2 aromatic heterocycles. The Hall–Kier alpha value is -3.23. The molecule has 0 atom stereocenters. The summed E-state index contributed by atoms with van der Waals surface area (Å²) in [6.07, 6.45) is 1.23. The molecule has 0 aliphatic carbocycles. The van der Waals surface area contributed by atoms with Crippen LogP contribution in [0.5, 0.6) is 5.88 Å². The van der Waals surface area contributed by atoms with Gasteiger partial charge in [0.15, 0.2) is 5.69 Å². The summed E-state index contributed by atoms with van der Waals surface area (Å²) in [6, 6.07) is 10.5. The zero-order valence-electron chi connectivity index (χ0n) is 13.9. The van der Waals surface area contributed by atoms with E-state index in [2.05, 4.69) is 20.4 Å². The summed E-state index contributed by atoms with van der Waals surface area (Å²) in [6.45, 7) is 0. The second kappa shape index (κ2) is 7.06. The number of aromatic hydroxyl groups is 1. The summed E-state index contributed by atoms with van der Waals surface area (Å²) in [5, 5.41) is 25.3. The third-order valence-electron chi connectivity index (χ3n) is 4.00. The van der Waals surface area contributed by atoms with Crippen molar-refractivity contribution >= 4 is 45.5 Å². The first-order valence-corrected chi connectivity index (χ1v) is 8.65. The first kappa shape index (κ1) is 18.1. The van der Waals surface area contributed by atoms with E-state index in [-0.39, 0.29) is 22.3 Å². The predicted octanol–water partition coefficient (Wildman–Crippen LogP) is 5.28. The lowest BCUT2D eigenvalue weighted by Crippen LogP contribution is -2.06. The summed E-state index contributed by atoms with van der Waals surface area (Å²) < 4.78 is 14.8. The van der Waals surface area contributed by atoms with E-state index < -0.39 is 11.4 Å². The quantitative estimate of drug-likeness (QED) is 0.443. The predicted molar refractivity (Wildman–Crippen MR) is 104 cm³/mol. The average Bonchev–Trinajstić information content (AvgIpc) is 2.94. The SMILES string of the molecule is O=c1[nH]ncc(N=Nc2c(O)n(-c3ccc(F)cc3)c3ccc(Cl)cc23)c1Cl. The minimum Gasteiger partial charge on any atom is -0.493 e. The summed E-state index contributed by atoms with van der Waals surface area (Å²) in [4.78, 5) is 11.5. The highest BCUT2D eigenvalue weighted by Crippen LogP contribution is 2.42. The van der Waals surface area contributed by atoms with Gasteiger partial charge < -0.3 is 5.11 Å². The number of rotatable bonds is 3. The Bertz CT molecular complexity index is 1280. The minimum absolute atomic E-state index is 0.0366. The van der Waals surface area contributed by atoms with Crippen molar-refractivity contribution in [2.75, 3.05) is 0 Å². The number of aromatic amines is 1. The highest BCUT2D eigenvalue weighted by molar-refractivity contribution is 6.32. The Balaban J connectivity index is 1.93. The first-order valence-electron chi connectivity index (χ1n) is 7.89. The molecule has 0 saturated carbocycles. The van der Waals surface area contributed by atoms with Crippen LogP contribution < -0.4 is 5.56 Å². The number of hydrogen-bond donors (Lipinski definition) is 2. The van der Waals surface area contributed by atoms with Crippen LogP contribution in [0.1, 0.15) is 0 Å². The van der Waals surface area contributed by atoms with Crippen LogP contribution in [0, 0.1) is 5.82 Å². The van der Waals surface area contributed by atoms with Crippen molar-refractivity contribution < 1.29 is 9.50 Å². The molecule has 0 bridgehead atoms. The van der Waals surface area contributed by atoms with E-state index in [0.717, 1.165) is 0 Å². The van der Waals surface area contributed by atoms with Gasteiger partial charge in [-0.1, -0.05) is 23.2 Å². The normalized spacial score (nSPS) is 11.5. The minimum atomic E-state index is -0.612. The summed E-state index contributed by atoms with van der Waals surface area (Å²) in [5.41, 5.74) is 0.632. The smallest absolute Gasteiger partial charge is 0.285 e. The Morgan fingerprint density at radius 3 is 2.61 bits per heavy atom. The third kappa shape index (κ3) is 3.12. The maximum Gasteiger partial charge on any atom is 0.285 e. The zero-order chi connectivity index (χ0) is 19.8. The lowest BCUT2D eigenvalue weighted by molar-refractivity contribution is 0.446. The van der Waals surface area contributed by atoms with E-state index in [1.807, 2.05) is 0 Å². The molecule has 2 aromatic carbocycles. The molecule has 2 heterocycles. The molecule has 10 heteroatoms. The number of H-pyrrole nitrogens is 1. The number of hydrogen-bond acceptors (Lipinski definition) is 5. The number of benzene rings is 2. The third-order valence-corrected chi connectivity index (χ3v) is 4.60. The molecule has 4 rings (SSSR count). The van der Waals surface area contributed by atoms with Gasteiger partial charge in [0, 0.05) is 16.1 Å². The van der Waals surface area contributed by atoms with Crippen molar-refractivity contribution in [2.24, 2.45) is 10.2 Å². The van der Waals surface area contributed by atoms with Gasteiger partial charge in [-0.3, -0.25) is 9.36 Å². The molecular formula is C18H10Cl2FN5O2. The fourth-order valence-electron chi connectivity index (χ4n) is 2.73. The van der Waals surface area contributed by atoms with Gasteiger partial charge >= 0.3 is 0 Å². The summed E-state index contributed by atoms with van der Waals surface area (Å²) >= 11 is 12.0. The molecule has 140 valence electrons. The fourth-order valence-corrected chi connectivity index (χ4v) is 3.03. The highest BCUT2D eigenvalue weighted by Gasteiger charge is 2.19. The number of aromatic nitrogens is 3. The largest absolute Gasteiger partial charge is 0.493 e. The number of nitrogens with one attached hydrogen (secondary N) is 1. The van der Waals surface area contributed by atoms with Gasteiger partial charge in [0.05, 0.1) is 11.7 Å². The molecule has 0 saturated heterocycles. The molecule has 7 nitrogen and oxygen atoms in total. The van der Waals surface area contributed by atoms with Crippen LogP contribution in [-0.2, 0) is 0 Å². The fraction of sp³-hybridized carbons (Fsp3) is 0. The van der Waals surface area contributed by atoms with Gasteiger partial charge in [-0.2, -0.15) is 5.10 Å². The Morgan fingerprint density at radius 1 is 1.11 bits per heavy atom. The van der Waals surface area contributed by atoms with Crippen molar-refractivity contribution in [3.63, 3.8) is 0 Å². The van der Waals surface area contributed by atoms with Crippen LogP contribution in [0.25, 0.3) is 16.6 Å². The van der Waals surface area contributed by atoms with Crippen molar-refractivity contribution in [3.8, 4) is 11.6 Å². The first-order chi connectivity index (χ1) is 13.5. The van der Waals surface area contributed by atoms with Gasteiger partial charge in [0.25, 0.3) is 5.56 Å². The van der Waals surface area contributed by atoms with E-state index in [1.54, 1.807) is 18.2 Å². The Kier molecular flexibility index (Phi) is 4.58. The molecular weight excluding hydrogens is 408 g/mol. The topological polar surface area (TPSA) is 95.6 Å². The van der Waals surface area contributed by atoms with Gasteiger partial charge in [-0.25, -0.2) is 9.49 Å². The molecule has 0 spiro atoms. The van der Waals surface area contributed by atoms with Crippen LogP contribution in [-0.4, -0.2) is 19.9 Å². The van der Waals surface area contributed by atoms with Crippen molar-refractivity contribution in [2.45, 2.75) is 0 Å². The summed E-state index contributed by atoms with van der Waals surface area (Å²) in [7, 11) is 0. The average molecular weight is 418 g/mol. The number of nitrogens with zero attached hydrogens (tertiary/aromatic N) is 4. The van der Waals surface area contributed by atoms with Gasteiger partial charge in [0.1, 0.15) is 16.5 Å². The molecule has 0 aliphatic heterocycles. The highest BCUT2D eigenvalue weighted by atomic mass is 35.5. The van der Waals surface area contributed by atoms with E-state index in [1.165, 1.54) is 35.0 Å². The van der Waals surface area contributed by atoms with E-state index in [4.69, 9.17) is 23.2 Å². The molecule has 28 heavy (non-hydrogen) atoms. The molecule has 0 unspecified atom stereocenters. The van der Waals surface area contributed by atoms with Crippen molar-refractivity contribution in [1.29, 1.82) is 0 Å². The van der Waals surface area contributed by atoms with Gasteiger partial charge in [-0.15, -0.1) is 10.2 Å². The molecule has 0 fully saturated rings. The molecule has 0 radical (unpaired) electrons. The maximum atomic E-state index is 13.3. The molecule has 0 aliphatic rings. The van der Waals surface area contributed by atoms with E-state index >= 15 is 0 Å². The van der Waals surface area contributed by atoms with Gasteiger partial charge in [0.2, 0.25) is 5.88 Å². The zero-order valence-corrected chi connectivity index (χ0v) is 15.4. The van der Waals surface area contributed by atoms with Gasteiger partial charge in [-0.05, 0) is 42.5 Å². The number of fused-ring (bicyclic) bond motifs is 1. The second-order valence-corrected chi connectivity index (χ2v) is 6.56. The maximum absolute atomic E-state index is 13.3. The van der Waals surface area contributed by atoms with E-state index in [9.17, 15) is 14.3 Å². The standard InChI is InChI=1S/C18H10Cl2FN5O2/c19-9-1-6-14-12(7-9)16(24-23-13-8-22-25-17(27)15(13)20)18(28)26(14)11-4-2-10(21)3-5-11/h1-8,28H,(H,25,27). The Labute approximate surface area is 166 Å². The van der Waals surface area contributed by atoms with Crippen LogP contribution in [0.15, 0.2) is 63.7 Å². The van der Waals surface area contributed by atoms with Crippen LogP contribution >= 0.6 is 23.2 Å². The van der Waals surface area contributed by atoms with Crippen molar-refractivity contribution in [3.05, 3.63) is 74.9 Å². The Morgan fingerprint density at radius 2 is 1.86 bits per heavy atom. The molecule has 2 N–H and O–H groups in total. The molecule has 0 amide bonds. The lowest BCUT2D eigenvalue weighted by Gasteiger charge is -2.06. The summed E-state index contributed by atoms with van der Waals surface area (Å²) in [5.74, 6) is -0.638. The van der Waals surface area contributed by atoms with Crippen molar-refractivity contribution in [1.82, 2.24) is 14.8 Å². The monoisotopic (exact) mass is 417 g/mol. The number of halogens is 3. The number of azo groups is 1. The van der Waals surface area contributed by atoms with Crippen LogP contribution in [0.3, 0.4) is 0 Å². The molecule has 4 aromatic rings. The van der Waals surface area contributed by atoms with Crippen LogP contribution in [0.2, 0.25) is 10.0 Å². The second-order valence-electron chi connectivity index (χ2n) is 5.74. The van der Waals surface area contributed by atoms with E-state index in [0.29, 0.717) is 21.6 Å². The lowest BCUT2D eigenvalue weighted by atomic mass is 10.2.